The van der Waals surface area contributed by atoms with E-state index in [1.165, 1.54) is 12.2 Å². The van der Waals surface area contributed by atoms with Crippen molar-refractivity contribution in [3.05, 3.63) is 94.8 Å². The third-order valence-corrected chi connectivity index (χ3v) is 14.3. The summed E-state index contributed by atoms with van der Waals surface area (Å²) in [5.41, 5.74) is -3.60. The van der Waals surface area contributed by atoms with E-state index < -0.39 is 70.3 Å². The fourth-order valence-corrected chi connectivity index (χ4v) is 11.5. The van der Waals surface area contributed by atoms with Gasteiger partial charge in [-0.3, -0.25) is 19.4 Å². The molecule has 1 saturated heterocycles. The van der Waals surface area contributed by atoms with Gasteiger partial charge >= 0.3 is 5.97 Å². The molecule has 1 aliphatic heterocycles. The lowest BCUT2D eigenvalue weighted by Gasteiger charge is -2.62. The van der Waals surface area contributed by atoms with E-state index in [4.69, 9.17) is 25.8 Å². The molecule has 2 heterocycles. The predicted molar refractivity (Wildman–Crippen MR) is 204 cm³/mol. The zero-order valence-electron chi connectivity index (χ0n) is 31.6. The van der Waals surface area contributed by atoms with Crippen LogP contribution >= 0.6 is 11.6 Å². The number of aromatic nitrogens is 1. The van der Waals surface area contributed by atoms with Crippen molar-refractivity contribution in [2.24, 2.45) is 28.6 Å². The summed E-state index contributed by atoms with van der Waals surface area (Å²) in [6, 6.07) is 12.4. The van der Waals surface area contributed by atoms with Gasteiger partial charge < -0.3 is 24.6 Å². The Morgan fingerprint density at radius 2 is 1.88 bits per heavy atom. The van der Waals surface area contributed by atoms with Crippen LogP contribution < -0.4 is 5.32 Å². The highest BCUT2D eigenvalue weighted by atomic mass is 35.5. The predicted octanol–water partition coefficient (Wildman–Crippen LogP) is 7.23. The molecule has 12 heteroatoms. The second-order valence-electron chi connectivity index (χ2n) is 17.5. The second kappa shape index (κ2) is 12.6. The van der Waals surface area contributed by atoms with Gasteiger partial charge in [0.15, 0.2) is 29.4 Å². The summed E-state index contributed by atoms with van der Waals surface area (Å²) < 4.78 is 36.4. The van der Waals surface area contributed by atoms with Crippen LogP contribution in [0.5, 0.6) is 0 Å². The average molecular weight is 783 g/mol. The molecule has 4 saturated carbocycles. The number of nitrogens with zero attached hydrogens (tertiary/aromatic N) is 1. The number of ketones is 2. The lowest BCUT2D eigenvalue weighted by Crippen LogP contribution is -2.70. The standard InChI is InChI=1S/C44H44ClFN2O8/c1-40(2)55-37-18-33-32-11-9-26-15-28(49)12-13-41(26,3)43(32,46)35(50)19-42(33,4)44(37,56-40)36(51)22-54-39(53)24-7-5-6-23(14-24)29-17-31(29)38(52)48-27-10-8-25-20-47-21-34(45)30(25)16-27/h5-8,10,12-16,20-21,29,31-33,35,37,50H,9,11,17-19,22H2,1-4H3,(H,48,52)/t29-,31+,32-,33-,35-,37+,41-,42-,43-,44+/m0/s1. The van der Waals surface area contributed by atoms with E-state index in [1.54, 1.807) is 63.5 Å². The Morgan fingerprint density at radius 3 is 2.68 bits per heavy atom. The van der Waals surface area contributed by atoms with Gasteiger partial charge in [-0.1, -0.05) is 48.4 Å². The van der Waals surface area contributed by atoms with Gasteiger partial charge in [0, 0.05) is 51.5 Å². The third-order valence-electron chi connectivity index (χ3n) is 14.0. The number of anilines is 1. The highest BCUT2D eigenvalue weighted by molar-refractivity contribution is 6.35. The fourth-order valence-electron chi connectivity index (χ4n) is 11.3. The minimum atomic E-state index is -2.09. The quantitative estimate of drug-likeness (QED) is 0.238. The highest BCUT2D eigenvalue weighted by Crippen LogP contribution is 2.72. The maximum atomic E-state index is 17.8. The lowest BCUT2D eigenvalue weighted by molar-refractivity contribution is -0.246. The average Bonchev–Trinajstić information content (AvgIpc) is 3.87. The van der Waals surface area contributed by atoms with Gasteiger partial charge in [-0.15, -0.1) is 0 Å². The summed E-state index contributed by atoms with van der Waals surface area (Å²) in [6.45, 7) is 6.45. The molecular formula is C44H44ClFN2O8. The van der Waals surface area contributed by atoms with Gasteiger partial charge in [-0.05, 0) is 107 Å². The van der Waals surface area contributed by atoms with Crippen molar-refractivity contribution >= 4 is 51.5 Å². The zero-order chi connectivity index (χ0) is 39.6. The Hall–Kier alpha value is -4.29. The van der Waals surface area contributed by atoms with Gasteiger partial charge in [0.2, 0.25) is 11.7 Å². The van der Waals surface area contributed by atoms with E-state index in [0.29, 0.717) is 42.0 Å². The molecule has 9 rings (SSSR count). The number of hydrogen-bond acceptors (Lipinski definition) is 9. The Balaban J connectivity index is 0.906. The summed E-state index contributed by atoms with van der Waals surface area (Å²) >= 11 is 6.31. The summed E-state index contributed by atoms with van der Waals surface area (Å²) in [5.74, 6) is -4.15. The molecule has 2 N–H and O–H groups in total. The first-order valence-electron chi connectivity index (χ1n) is 19.3. The zero-order valence-corrected chi connectivity index (χ0v) is 32.4. The molecule has 0 radical (unpaired) electrons. The van der Waals surface area contributed by atoms with E-state index in [9.17, 15) is 24.3 Å². The molecule has 0 spiro atoms. The molecule has 6 aliphatic rings. The number of carbonyl (C=O) groups excluding carboxylic acids is 4. The summed E-state index contributed by atoms with van der Waals surface area (Å²) in [5, 5.41) is 17.0. The monoisotopic (exact) mass is 782 g/mol. The van der Waals surface area contributed by atoms with Crippen LogP contribution in [0.3, 0.4) is 0 Å². The summed E-state index contributed by atoms with van der Waals surface area (Å²) in [7, 11) is 0. The molecule has 5 fully saturated rings. The summed E-state index contributed by atoms with van der Waals surface area (Å²) in [4.78, 5) is 57.7. The topological polar surface area (TPSA) is 141 Å². The highest BCUT2D eigenvalue weighted by Gasteiger charge is 2.80. The number of esters is 1. The van der Waals surface area contributed by atoms with Crippen molar-refractivity contribution in [3.8, 4) is 0 Å². The van der Waals surface area contributed by atoms with Crippen LogP contribution in [-0.4, -0.2) is 69.4 Å². The van der Waals surface area contributed by atoms with Crippen molar-refractivity contribution in [2.45, 2.75) is 95.0 Å². The van der Waals surface area contributed by atoms with Crippen LogP contribution in [-0.2, 0) is 28.6 Å². The molecule has 10 nitrogen and oxygen atoms in total. The van der Waals surface area contributed by atoms with Crippen molar-refractivity contribution in [2.75, 3.05) is 11.9 Å². The molecule has 0 unspecified atom stereocenters. The Labute approximate surface area is 328 Å². The number of pyridine rings is 1. The first-order chi connectivity index (χ1) is 26.5. The fraction of sp³-hybridized carbons (Fsp3) is 0.477. The Kier molecular flexibility index (Phi) is 8.39. The van der Waals surface area contributed by atoms with E-state index >= 15 is 4.39 Å². The SMILES string of the molecule is CC1(C)O[C@@H]2C[C@H]3[C@@H]4CCC5=CC(=O)C=C[C@]5(C)[C@@]4(F)[C@@H](O)C[C@]3(C)[C@]2(C(=O)COC(=O)c2cccc([C@@H]3C[C@H]3C(=O)Nc3ccc4cncc(Cl)c4c3)c2)O1. The van der Waals surface area contributed by atoms with E-state index in [2.05, 4.69) is 10.3 Å². The van der Waals surface area contributed by atoms with Crippen LogP contribution in [0.2, 0.25) is 5.02 Å². The van der Waals surface area contributed by atoms with Crippen LogP contribution in [0.4, 0.5) is 10.1 Å². The molecule has 0 bridgehead atoms. The first kappa shape index (κ1) is 37.3. The van der Waals surface area contributed by atoms with Gasteiger partial charge in [0.1, 0.15) is 0 Å². The Bertz CT molecular complexity index is 2290. The van der Waals surface area contributed by atoms with Gasteiger partial charge in [-0.25, -0.2) is 9.18 Å². The number of rotatable bonds is 7. The number of halogens is 2. The number of hydrogen-bond donors (Lipinski definition) is 2. The molecule has 1 aromatic heterocycles. The number of nitrogens with one attached hydrogen (secondary N) is 1. The van der Waals surface area contributed by atoms with Gasteiger partial charge in [-0.2, -0.15) is 0 Å². The summed E-state index contributed by atoms with van der Waals surface area (Å²) in [6.07, 6.45) is 7.22. The largest absolute Gasteiger partial charge is 0.454 e. The molecule has 1 amide bonds. The molecule has 292 valence electrons. The van der Waals surface area contributed by atoms with Crippen molar-refractivity contribution in [1.82, 2.24) is 4.98 Å². The number of Topliss-reactive ketones (excluding diaryl/α,β-unsaturated/α-hetero) is 1. The van der Waals surface area contributed by atoms with Crippen molar-refractivity contribution < 1.29 is 42.9 Å². The third kappa shape index (κ3) is 5.33. The van der Waals surface area contributed by atoms with Crippen LogP contribution in [0.15, 0.2) is 78.7 Å². The van der Waals surface area contributed by atoms with Crippen molar-refractivity contribution in [1.29, 1.82) is 0 Å². The maximum Gasteiger partial charge on any atom is 0.338 e. The lowest BCUT2D eigenvalue weighted by atomic mass is 9.44. The number of carbonyl (C=O) groups is 4. The molecule has 2 aromatic carbocycles. The van der Waals surface area contributed by atoms with Crippen LogP contribution in [0, 0.1) is 28.6 Å². The molecule has 56 heavy (non-hydrogen) atoms. The number of alkyl halides is 1. The number of amides is 1. The minimum Gasteiger partial charge on any atom is -0.454 e. The van der Waals surface area contributed by atoms with Crippen molar-refractivity contribution in [3.63, 3.8) is 0 Å². The van der Waals surface area contributed by atoms with Gasteiger partial charge in [0.05, 0.1) is 22.8 Å². The number of aliphatic hydroxyl groups is 1. The number of benzene rings is 2. The van der Waals surface area contributed by atoms with Gasteiger partial charge in [0.25, 0.3) is 0 Å². The Morgan fingerprint density at radius 1 is 1.07 bits per heavy atom. The first-order valence-corrected chi connectivity index (χ1v) is 19.7. The molecular weight excluding hydrogens is 739 g/mol. The second-order valence-corrected chi connectivity index (χ2v) is 17.9. The maximum absolute atomic E-state index is 17.8. The van der Waals surface area contributed by atoms with E-state index in [0.717, 1.165) is 16.3 Å². The number of aliphatic hydroxyl groups excluding tert-OH is 1. The molecule has 3 aromatic rings. The van der Waals surface area contributed by atoms with E-state index in [1.807, 2.05) is 25.1 Å². The normalized spacial score (nSPS) is 37.5. The van der Waals surface area contributed by atoms with Crippen LogP contribution in [0.25, 0.3) is 10.8 Å². The smallest absolute Gasteiger partial charge is 0.338 e. The van der Waals surface area contributed by atoms with Crippen LogP contribution in [0.1, 0.15) is 81.6 Å². The molecule has 10 atom stereocenters. The minimum absolute atomic E-state index is 0.0881. The number of fused-ring (bicyclic) bond motifs is 8. The number of allylic oxidation sites excluding steroid dienone is 4. The number of ether oxygens (including phenoxy) is 3. The molecule has 5 aliphatic carbocycles. The van der Waals surface area contributed by atoms with E-state index in [-0.39, 0.29) is 35.5 Å².